The van der Waals surface area contributed by atoms with Crippen LogP contribution in [0.3, 0.4) is 0 Å². The van der Waals surface area contributed by atoms with Crippen LogP contribution in [0.15, 0.2) is 47.6 Å². The maximum atomic E-state index is 13.8. The number of halogens is 2. The van der Waals surface area contributed by atoms with Gasteiger partial charge in [-0.15, -0.1) is 10.2 Å². The highest BCUT2D eigenvalue weighted by molar-refractivity contribution is 7.99. The molecule has 1 saturated heterocycles. The summed E-state index contributed by atoms with van der Waals surface area (Å²) in [4.78, 5) is 14.6. The van der Waals surface area contributed by atoms with Crippen LogP contribution in [0.4, 0.5) is 20.4 Å². The summed E-state index contributed by atoms with van der Waals surface area (Å²) >= 11 is 1.20. The average molecular weight is 444 g/mol. The third-order valence-electron chi connectivity index (χ3n) is 5.08. The van der Waals surface area contributed by atoms with E-state index in [1.165, 1.54) is 18.2 Å². The van der Waals surface area contributed by atoms with Gasteiger partial charge in [-0.25, -0.2) is 8.78 Å². The van der Waals surface area contributed by atoms with Crippen LogP contribution in [0.25, 0.3) is 5.69 Å². The number of hydrogen-bond donors (Lipinski definition) is 1. The van der Waals surface area contributed by atoms with Gasteiger partial charge in [-0.05, 0) is 50.5 Å². The second-order valence-corrected chi connectivity index (χ2v) is 8.40. The molecular weight excluding hydrogens is 420 g/mol. The van der Waals surface area contributed by atoms with E-state index in [9.17, 15) is 13.6 Å². The molecule has 1 fully saturated rings. The standard InChI is InChI=1S/C22H23F2N5OS/c1-15-5-8-17(9-6-15)29-21(28-11-3-2-4-12-28)26-27-22(29)31-14-20(30)25-19-13-16(23)7-10-18(19)24/h5-10,13H,2-4,11-12,14H2,1H3,(H,25,30). The number of piperidine rings is 1. The molecule has 4 rings (SSSR count). The van der Waals surface area contributed by atoms with E-state index in [0.717, 1.165) is 61.3 Å². The van der Waals surface area contributed by atoms with Crippen LogP contribution in [0.2, 0.25) is 0 Å². The van der Waals surface area contributed by atoms with E-state index in [1.54, 1.807) is 0 Å². The number of benzene rings is 2. The second kappa shape index (κ2) is 9.47. The molecule has 2 heterocycles. The lowest BCUT2D eigenvalue weighted by molar-refractivity contribution is -0.113. The van der Waals surface area contributed by atoms with Gasteiger partial charge < -0.3 is 10.2 Å². The molecule has 1 aliphatic rings. The Hall–Kier alpha value is -2.94. The molecule has 2 aromatic carbocycles. The fourth-order valence-electron chi connectivity index (χ4n) is 3.48. The van der Waals surface area contributed by atoms with Crippen molar-refractivity contribution in [3.8, 4) is 5.69 Å². The molecule has 9 heteroatoms. The van der Waals surface area contributed by atoms with E-state index in [2.05, 4.69) is 20.4 Å². The van der Waals surface area contributed by atoms with Crippen molar-refractivity contribution in [3.05, 3.63) is 59.7 Å². The maximum absolute atomic E-state index is 13.8. The Morgan fingerprint density at radius 2 is 1.81 bits per heavy atom. The molecule has 0 saturated carbocycles. The van der Waals surface area contributed by atoms with Crippen molar-refractivity contribution in [3.63, 3.8) is 0 Å². The van der Waals surface area contributed by atoms with Crippen molar-refractivity contribution >= 4 is 29.3 Å². The normalized spacial score (nSPS) is 14.0. The van der Waals surface area contributed by atoms with Gasteiger partial charge in [-0.1, -0.05) is 29.5 Å². The third-order valence-corrected chi connectivity index (χ3v) is 6.01. The SMILES string of the molecule is Cc1ccc(-n2c(SCC(=O)Nc3cc(F)ccc3F)nnc2N2CCCCC2)cc1. The Bertz CT molecular complexity index is 1060. The van der Waals surface area contributed by atoms with E-state index >= 15 is 0 Å². The van der Waals surface area contributed by atoms with Crippen LogP contribution in [-0.4, -0.2) is 39.5 Å². The first-order valence-electron chi connectivity index (χ1n) is 10.2. The highest BCUT2D eigenvalue weighted by Gasteiger charge is 2.22. The van der Waals surface area contributed by atoms with E-state index in [1.807, 2.05) is 35.8 Å². The van der Waals surface area contributed by atoms with E-state index in [0.29, 0.717) is 5.16 Å². The minimum atomic E-state index is -0.685. The number of nitrogens with one attached hydrogen (secondary N) is 1. The predicted molar refractivity (Wildman–Crippen MR) is 118 cm³/mol. The van der Waals surface area contributed by atoms with Gasteiger partial charge in [0, 0.05) is 19.2 Å². The van der Waals surface area contributed by atoms with Gasteiger partial charge in [0.15, 0.2) is 5.16 Å². The van der Waals surface area contributed by atoms with Gasteiger partial charge in [-0.2, -0.15) is 0 Å². The summed E-state index contributed by atoms with van der Waals surface area (Å²) in [5.41, 5.74) is 1.87. The molecule has 3 aromatic rings. The van der Waals surface area contributed by atoms with Gasteiger partial charge in [0.2, 0.25) is 11.9 Å². The van der Waals surface area contributed by atoms with Crippen molar-refractivity contribution in [1.82, 2.24) is 14.8 Å². The van der Waals surface area contributed by atoms with Gasteiger partial charge in [0.25, 0.3) is 0 Å². The number of carbonyl (C=O) groups is 1. The van der Waals surface area contributed by atoms with Crippen LogP contribution in [0.1, 0.15) is 24.8 Å². The Labute approximate surface area is 183 Å². The summed E-state index contributed by atoms with van der Waals surface area (Å²) in [5.74, 6) is -1.01. The first kappa shape index (κ1) is 21.3. The van der Waals surface area contributed by atoms with Crippen LogP contribution in [0, 0.1) is 18.6 Å². The Morgan fingerprint density at radius 3 is 2.55 bits per heavy atom. The van der Waals surface area contributed by atoms with Crippen LogP contribution in [-0.2, 0) is 4.79 Å². The summed E-state index contributed by atoms with van der Waals surface area (Å²) in [6.45, 7) is 3.84. The fraction of sp³-hybridized carbons (Fsp3) is 0.318. The molecule has 0 atom stereocenters. The topological polar surface area (TPSA) is 63.1 Å². The first-order chi connectivity index (χ1) is 15.0. The minimum absolute atomic E-state index is 0.0139. The number of nitrogens with zero attached hydrogens (tertiary/aromatic N) is 4. The lowest BCUT2D eigenvalue weighted by Gasteiger charge is -2.27. The summed E-state index contributed by atoms with van der Waals surface area (Å²) in [5, 5.41) is 11.7. The highest BCUT2D eigenvalue weighted by atomic mass is 32.2. The van der Waals surface area contributed by atoms with Crippen molar-refractivity contribution in [2.45, 2.75) is 31.3 Å². The molecular formula is C22H23F2N5OS. The van der Waals surface area contributed by atoms with Crippen molar-refractivity contribution in [2.75, 3.05) is 29.1 Å². The zero-order valence-corrected chi connectivity index (χ0v) is 18.0. The molecule has 0 spiro atoms. The summed E-state index contributed by atoms with van der Waals surface area (Å²) < 4.78 is 29.1. The number of aromatic nitrogens is 3. The number of anilines is 2. The summed E-state index contributed by atoms with van der Waals surface area (Å²) in [6.07, 6.45) is 3.41. The first-order valence-corrected chi connectivity index (χ1v) is 11.1. The molecule has 162 valence electrons. The number of amides is 1. The molecule has 0 radical (unpaired) electrons. The Balaban J connectivity index is 1.54. The molecule has 0 aliphatic carbocycles. The zero-order chi connectivity index (χ0) is 21.8. The van der Waals surface area contributed by atoms with Crippen molar-refractivity contribution in [2.24, 2.45) is 0 Å². The monoisotopic (exact) mass is 443 g/mol. The predicted octanol–water partition coefficient (Wildman–Crippen LogP) is 4.58. The molecule has 0 unspecified atom stereocenters. The molecule has 31 heavy (non-hydrogen) atoms. The number of thioether (sulfide) groups is 1. The number of rotatable bonds is 6. The average Bonchev–Trinajstić information content (AvgIpc) is 3.20. The van der Waals surface area contributed by atoms with Crippen LogP contribution < -0.4 is 10.2 Å². The van der Waals surface area contributed by atoms with Crippen LogP contribution >= 0.6 is 11.8 Å². The van der Waals surface area contributed by atoms with Gasteiger partial charge in [0.05, 0.1) is 17.1 Å². The molecule has 0 bridgehead atoms. The Kier molecular flexibility index (Phi) is 6.50. The van der Waals surface area contributed by atoms with E-state index < -0.39 is 17.5 Å². The second-order valence-electron chi connectivity index (χ2n) is 7.46. The molecule has 1 N–H and O–H groups in total. The zero-order valence-electron chi connectivity index (χ0n) is 17.1. The number of hydrogen-bond acceptors (Lipinski definition) is 5. The number of carbonyl (C=O) groups excluding carboxylic acids is 1. The van der Waals surface area contributed by atoms with Gasteiger partial charge >= 0.3 is 0 Å². The van der Waals surface area contributed by atoms with E-state index in [4.69, 9.17) is 0 Å². The molecule has 1 aromatic heterocycles. The van der Waals surface area contributed by atoms with Crippen molar-refractivity contribution < 1.29 is 13.6 Å². The summed E-state index contributed by atoms with van der Waals surface area (Å²) in [7, 11) is 0. The molecule has 1 aliphatic heterocycles. The maximum Gasteiger partial charge on any atom is 0.234 e. The van der Waals surface area contributed by atoms with E-state index in [-0.39, 0.29) is 11.4 Å². The number of aryl methyl sites for hydroxylation is 1. The Morgan fingerprint density at radius 1 is 1.06 bits per heavy atom. The molecule has 1 amide bonds. The minimum Gasteiger partial charge on any atom is -0.341 e. The summed E-state index contributed by atoms with van der Waals surface area (Å²) in [6, 6.07) is 11.0. The largest absolute Gasteiger partial charge is 0.341 e. The fourth-order valence-corrected chi connectivity index (χ4v) is 4.23. The lowest BCUT2D eigenvalue weighted by atomic mass is 10.1. The van der Waals surface area contributed by atoms with Gasteiger partial charge in [0.1, 0.15) is 11.6 Å². The van der Waals surface area contributed by atoms with Gasteiger partial charge in [-0.3, -0.25) is 9.36 Å². The quantitative estimate of drug-likeness (QED) is 0.566. The lowest BCUT2D eigenvalue weighted by Crippen LogP contribution is -2.31. The highest BCUT2D eigenvalue weighted by Crippen LogP contribution is 2.28. The smallest absolute Gasteiger partial charge is 0.234 e. The molecule has 6 nitrogen and oxygen atoms in total. The van der Waals surface area contributed by atoms with Crippen molar-refractivity contribution in [1.29, 1.82) is 0 Å². The van der Waals surface area contributed by atoms with Crippen LogP contribution in [0.5, 0.6) is 0 Å². The third kappa shape index (κ3) is 5.04.